The van der Waals surface area contributed by atoms with Gasteiger partial charge >= 0.3 is 0 Å². The predicted molar refractivity (Wildman–Crippen MR) is 95.1 cm³/mol. The van der Waals surface area contributed by atoms with E-state index in [1.807, 2.05) is 6.07 Å². The van der Waals surface area contributed by atoms with Crippen molar-refractivity contribution >= 4 is 16.8 Å². The molecule has 128 valence electrons. The average molecular weight is 327 g/mol. The number of H-pyrrole nitrogens is 1. The number of aromatic amines is 1. The molecule has 1 heterocycles. The normalized spacial score (nSPS) is 16.9. The summed E-state index contributed by atoms with van der Waals surface area (Å²) in [6, 6.07) is 7.27. The van der Waals surface area contributed by atoms with Crippen LogP contribution < -0.4 is 10.7 Å². The fourth-order valence-electron chi connectivity index (χ4n) is 3.74. The van der Waals surface area contributed by atoms with Crippen LogP contribution in [0.2, 0.25) is 0 Å². The Morgan fingerprint density at radius 1 is 1.29 bits per heavy atom. The van der Waals surface area contributed by atoms with E-state index in [9.17, 15) is 9.59 Å². The molecular weight excluding hydrogens is 302 g/mol. The SMILES string of the molecule is CCCC(NC(=O)c1n[nH]c2ccccc2c1=O)C1CCCCC1. The highest BCUT2D eigenvalue weighted by atomic mass is 16.2. The van der Waals surface area contributed by atoms with Gasteiger partial charge in [0.05, 0.1) is 5.52 Å². The lowest BCUT2D eigenvalue weighted by atomic mass is 9.82. The Balaban J connectivity index is 1.82. The van der Waals surface area contributed by atoms with Gasteiger partial charge in [0.15, 0.2) is 5.69 Å². The second-order valence-corrected chi connectivity index (χ2v) is 6.71. The van der Waals surface area contributed by atoms with E-state index in [1.165, 1.54) is 19.3 Å². The lowest BCUT2D eigenvalue weighted by Crippen LogP contribution is -2.43. The number of carbonyl (C=O) groups excluding carboxylic acids is 1. The van der Waals surface area contributed by atoms with Crippen LogP contribution in [0.25, 0.3) is 10.9 Å². The number of hydrogen-bond donors (Lipinski definition) is 2. The Bertz CT molecular complexity index is 763. The summed E-state index contributed by atoms with van der Waals surface area (Å²) in [5.74, 6) is 0.160. The fraction of sp³-hybridized carbons (Fsp3) is 0.526. The van der Waals surface area contributed by atoms with Crippen molar-refractivity contribution in [3.8, 4) is 0 Å². The van der Waals surface area contributed by atoms with Crippen molar-refractivity contribution in [2.75, 3.05) is 0 Å². The van der Waals surface area contributed by atoms with Gasteiger partial charge in [-0.25, -0.2) is 0 Å². The first kappa shape index (κ1) is 16.7. The van der Waals surface area contributed by atoms with E-state index in [1.54, 1.807) is 18.2 Å². The third-order valence-electron chi connectivity index (χ3n) is 5.03. The highest BCUT2D eigenvalue weighted by Gasteiger charge is 2.26. The van der Waals surface area contributed by atoms with Crippen LogP contribution in [0.1, 0.15) is 62.4 Å². The van der Waals surface area contributed by atoms with E-state index in [-0.39, 0.29) is 23.1 Å². The molecule has 1 saturated carbocycles. The molecule has 1 aliphatic rings. The Morgan fingerprint density at radius 2 is 2.04 bits per heavy atom. The Hall–Kier alpha value is -2.17. The van der Waals surface area contributed by atoms with Gasteiger partial charge in [0.1, 0.15) is 0 Å². The summed E-state index contributed by atoms with van der Waals surface area (Å²) in [5, 5.41) is 10.4. The van der Waals surface area contributed by atoms with E-state index in [0.717, 1.165) is 25.7 Å². The van der Waals surface area contributed by atoms with Crippen molar-refractivity contribution in [1.29, 1.82) is 0 Å². The molecule has 0 bridgehead atoms. The smallest absolute Gasteiger partial charge is 0.276 e. The zero-order chi connectivity index (χ0) is 16.9. The number of hydrogen-bond acceptors (Lipinski definition) is 3. The summed E-state index contributed by atoms with van der Waals surface area (Å²) >= 11 is 0. The van der Waals surface area contributed by atoms with Gasteiger partial charge in [0.2, 0.25) is 5.43 Å². The predicted octanol–water partition coefficient (Wildman–Crippen LogP) is 3.40. The van der Waals surface area contributed by atoms with Gasteiger partial charge in [-0.1, -0.05) is 44.7 Å². The molecule has 1 aromatic heterocycles. The minimum absolute atomic E-state index is 0.0365. The van der Waals surface area contributed by atoms with Gasteiger partial charge < -0.3 is 5.32 Å². The number of nitrogens with one attached hydrogen (secondary N) is 2. The number of nitrogens with zero attached hydrogens (tertiary/aromatic N) is 1. The summed E-state index contributed by atoms with van der Waals surface area (Å²) in [5.41, 5.74) is 0.308. The molecule has 2 aromatic rings. The number of benzene rings is 1. The van der Waals surface area contributed by atoms with Crippen molar-refractivity contribution < 1.29 is 4.79 Å². The Labute approximate surface area is 141 Å². The average Bonchev–Trinajstić information content (AvgIpc) is 2.62. The third-order valence-corrected chi connectivity index (χ3v) is 5.03. The van der Waals surface area contributed by atoms with E-state index >= 15 is 0 Å². The Kier molecular flexibility index (Phi) is 5.28. The topological polar surface area (TPSA) is 74.8 Å². The molecule has 3 rings (SSSR count). The maximum atomic E-state index is 12.6. The highest BCUT2D eigenvalue weighted by molar-refractivity contribution is 5.95. The minimum Gasteiger partial charge on any atom is -0.348 e. The summed E-state index contributed by atoms with van der Waals surface area (Å²) in [4.78, 5) is 25.2. The van der Waals surface area contributed by atoms with E-state index in [0.29, 0.717) is 16.8 Å². The van der Waals surface area contributed by atoms with Crippen LogP contribution in [-0.4, -0.2) is 22.1 Å². The molecule has 1 aromatic carbocycles. The Morgan fingerprint density at radius 3 is 2.79 bits per heavy atom. The van der Waals surface area contributed by atoms with Gasteiger partial charge in [-0.3, -0.25) is 14.7 Å². The zero-order valence-corrected chi connectivity index (χ0v) is 14.2. The second-order valence-electron chi connectivity index (χ2n) is 6.71. The fourth-order valence-corrected chi connectivity index (χ4v) is 3.74. The molecule has 0 radical (unpaired) electrons. The van der Waals surface area contributed by atoms with Crippen LogP contribution in [0.15, 0.2) is 29.1 Å². The van der Waals surface area contributed by atoms with Gasteiger partial charge in [0.25, 0.3) is 5.91 Å². The molecular formula is C19H25N3O2. The highest BCUT2D eigenvalue weighted by Crippen LogP contribution is 2.28. The first-order valence-corrected chi connectivity index (χ1v) is 8.99. The number of amides is 1. The number of fused-ring (bicyclic) bond motifs is 1. The zero-order valence-electron chi connectivity index (χ0n) is 14.2. The summed E-state index contributed by atoms with van der Waals surface area (Å²) < 4.78 is 0. The molecule has 5 heteroatoms. The number of carbonyl (C=O) groups is 1. The second kappa shape index (κ2) is 7.60. The summed E-state index contributed by atoms with van der Waals surface area (Å²) in [6.45, 7) is 2.13. The van der Waals surface area contributed by atoms with Gasteiger partial charge in [-0.15, -0.1) is 0 Å². The van der Waals surface area contributed by atoms with Crippen molar-refractivity contribution in [2.24, 2.45) is 5.92 Å². The molecule has 5 nitrogen and oxygen atoms in total. The van der Waals surface area contributed by atoms with Crippen molar-refractivity contribution in [3.63, 3.8) is 0 Å². The largest absolute Gasteiger partial charge is 0.348 e. The summed E-state index contributed by atoms with van der Waals surface area (Å²) in [7, 11) is 0. The lowest BCUT2D eigenvalue weighted by molar-refractivity contribution is 0.0902. The maximum Gasteiger partial charge on any atom is 0.276 e. The van der Waals surface area contributed by atoms with Crippen LogP contribution in [0, 0.1) is 5.92 Å². The number of rotatable bonds is 5. The molecule has 1 aliphatic carbocycles. The molecule has 1 atom stereocenters. The molecule has 1 fully saturated rings. The van der Waals surface area contributed by atoms with Crippen LogP contribution in [0.3, 0.4) is 0 Å². The quantitative estimate of drug-likeness (QED) is 0.884. The minimum atomic E-state index is -0.356. The molecule has 0 spiro atoms. The van der Waals surface area contributed by atoms with Crippen molar-refractivity contribution in [3.05, 3.63) is 40.2 Å². The summed E-state index contributed by atoms with van der Waals surface area (Å²) in [6.07, 6.45) is 8.03. The van der Waals surface area contributed by atoms with Gasteiger partial charge in [-0.05, 0) is 37.3 Å². The van der Waals surface area contributed by atoms with Crippen LogP contribution in [-0.2, 0) is 0 Å². The van der Waals surface area contributed by atoms with Gasteiger partial charge in [-0.2, -0.15) is 5.10 Å². The van der Waals surface area contributed by atoms with Crippen molar-refractivity contribution in [1.82, 2.24) is 15.5 Å². The van der Waals surface area contributed by atoms with Gasteiger partial charge in [0, 0.05) is 11.4 Å². The lowest BCUT2D eigenvalue weighted by Gasteiger charge is -2.30. The van der Waals surface area contributed by atoms with E-state index in [4.69, 9.17) is 0 Å². The molecule has 0 saturated heterocycles. The van der Waals surface area contributed by atoms with E-state index < -0.39 is 0 Å². The standard InChI is InChI=1S/C19H25N3O2/c1-2-8-15(13-9-4-3-5-10-13)20-19(24)17-18(23)14-11-6-7-12-16(14)21-22-17/h6-7,11-13,15H,2-5,8-10H2,1H3,(H,20,24)(H,21,23). The number of para-hydroxylation sites is 1. The van der Waals surface area contributed by atoms with Crippen LogP contribution in [0.5, 0.6) is 0 Å². The molecule has 24 heavy (non-hydrogen) atoms. The third kappa shape index (κ3) is 3.50. The van der Waals surface area contributed by atoms with Crippen molar-refractivity contribution in [2.45, 2.75) is 57.9 Å². The first-order valence-electron chi connectivity index (χ1n) is 8.99. The maximum absolute atomic E-state index is 12.6. The molecule has 1 unspecified atom stereocenters. The molecule has 1 amide bonds. The first-order chi connectivity index (χ1) is 11.7. The monoisotopic (exact) mass is 327 g/mol. The van der Waals surface area contributed by atoms with Crippen LogP contribution >= 0.6 is 0 Å². The molecule has 0 aliphatic heterocycles. The van der Waals surface area contributed by atoms with Crippen LogP contribution in [0.4, 0.5) is 0 Å². The molecule has 2 N–H and O–H groups in total. The number of aromatic nitrogens is 2. The van der Waals surface area contributed by atoms with E-state index in [2.05, 4.69) is 22.4 Å².